The van der Waals surface area contributed by atoms with Gasteiger partial charge in [-0.2, -0.15) is 26.3 Å². The topological polar surface area (TPSA) is 29.1 Å². The van der Waals surface area contributed by atoms with E-state index in [4.69, 9.17) is 0 Å². The molecule has 0 aliphatic carbocycles. The summed E-state index contributed by atoms with van der Waals surface area (Å²) in [7, 11) is 0. The highest BCUT2D eigenvalue weighted by molar-refractivity contribution is 5.95. The number of halogens is 6. The summed E-state index contributed by atoms with van der Waals surface area (Å²) < 4.78 is 75.5. The van der Waals surface area contributed by atoms with Crippen LogP contribution in [-0.4, -0.2) is 12.1 Å². The SMILES string of the molecule is O=C1CC(C(F)(F)F)c2ccc(C(F)(F)F)cc2N1. The Kier molecular flexibility index (Phi) is 2.98. The fourth-order valence-corrected chi connectivity index (χ4v) is 1.93. The van der Waals surface area contributed by atoms with Crippen molar-refractivity contribution in [2.24, 2.45) is 0 Å². The molecule has 2 rings (SSSR count). The van der Waals surface area contributed by atoms with E-state index in [2.05, 4.69) is 0 Å². The quantitative estimate of drug-likeness (QED) is 0.723. The third kappa shape index (κ3) is 2.66. The zero-order chi connectivity index (χ0) is 14.4. The summed E-state index contributed by atoms with van der Waals surface area (Å²) in [6.07, 6.45) is -10.2. The van der Waals surface area contributed by atoms with Gasteiger partial charge in [0, 0.05) is 12.1 Å². The van der Waals surface area contributed by atoms with Gasteiger partial charge in [0.05, 0.1) is 11.5 Å². The smallest absolute Gasteiger partial charge is 0.326 e. The predicted molar refractivity (Wildman–Crippen MR) is 53.5 cm³/mol. The van der Waals surface area contributed by atoms with E-state index in [1.165, 1.54) is 0 Å². The lowest BCUT2D eigenvalue weighted by Crippen LogP contribution is -2.31. The van der Waals surface area contributed by atoms with Crippen molar-refractivity contribution in [3.8, 4) is 0 Å². The van der Waals surface area contributed by atoms with E-state index in [1.807, 2.05) is 5.32 Å². The van der Waals surface area contributed by atoms with E-state index in [0.717, 1.165) is 6.07 Å². The van der Waals surface area contributed by atoms with Crippen molar-refractivity contribution in [1.82, 2.24) is 0 Å². The Hall–Kier alpha value is -1.73. The first-order chi connectivity index (χ1) is 8.59. The Balaban J connectivity index is 2.50. The second-order valence-corrected chi connectivity index (χ2v) is 4.15. The van der Waals surface area contributed by atoms with Gasteiger partial charge in [-0.05, 0) is 17.7 Å². The summed E-state index contributed by atoms with van der Waals surface area (Å²) in [5.74, 6) is -3.02. The lowest BCUT2D eigenvalue weighted by Gasteiger charge is -2.27. The molecule has 1 atom stereocenters. The number of carbonyl (C=O) groups is 1. The van der Waals surface area contributed by atoms with E-state index >= 15 is 0 Å². The molecule has 1 heterocycles. The van der Waals surface area contributed by atoms with E-state index in [-0.39, 0.29) is 5.56 Å². The minimum absolute atomic E-state index is 0.347. The largest absolute Gasteiger partial charge is 0.416 e. The summed E-state index contributed by atoms with van der Waals surface area (Å²) in [6, 6.07) is 1.86. The standard InChI is InChI=1S/C11H7F6NO/c12-10(13,14)5-1-2-6-7(11(15,16)17)4-9(19)18-8(6)3-5/h1-3,7H,4H2,(H,18,19). The molecule has 1 unspecified atom stereocenters. The first-order valence-electron chi connectivity index (χ1n) is 5.17. The number of alkyl halides is 6. The van der Waals surface area contributed by atoms with Gasteiger partial charge in [-0.25, -0.2) is 0 Å². The van der Waals surface area contributed by atoms with Crippen LogP contribution in [0.15, 0.2) is 18.2 Å². The monoisotopic (exact) mass is 283 g/mol. The van der Waals surface area contributed by atoms with Crippen molar-refractivity contribution in [2.75, 3.05) is 5.32 Å². The highest BCUT2D eigenvalue weighted by atomic mass is 19.4. The maximum absolute atomic E-state index is 12.7. The van der Waals surface area contributed by atoms with Crippen molar-refractivity contribution in [3.63, 3.8) is 0 Å². The Morgan fingerprint density at radius 1 is 1.11 bits per heavy atom. The van der Waals surface area contributed by atoms with Crippen molar-refractivity contribution < 1.29 is 31.1 Å². The van der Waals surface area contributed by atoms with Gasteiger partial charge < -0.3 is 5.32 Å². The molecule has 0 fully saturated rings. The number of rotatable bonds is 0. The molecule has 1 N–H and O–H groups in total. The van der Waals surface area contributed by atoms with Gasteiger partial charge in [0.1, 0.15) is 0 Å². The molecule has 2 nitrogen and oxygen atoms in total. The van der Waals surface area contributed by atoms with Crippen LogP contribution in [0.25, 0.3) is 0 Å². The van der Waals surface area contributed by atoms with Gasteiger partial charge in [-0.3, -0.25) is 4.79 Å². The molecule has 1 aromatic rings. The molecule has 1 amide bonds. The average molecular weight is 283 g/mol. The maximum Gasteiger partial charge on any atom is 0.416 e. The molecule has 1 aliphatic rings. The highest BCUT2D eigenvalue weighted by Gasteiger charge is 2.45. The first kappa shape index (κ1) is 13.7. The molecule has 0 spiro atoms. The van der Waals surface area contributed by atoms with E-state index < -0.39 is 41.8 Å². The second kappa shape index (κ2) is 4.14. The van der Waals surface area contributed by atoms with Crippen LogP contribution >= 0.6 is 0 Å². The second-order valence-electron chi connectivity index (χ2n) is 4.15. The third-order valence-electron chi connectivity index (χ3n) is 2.81. The summed E-state index contributed by atoms with van der Waals surface area (Å²) >= 11 is 0. The molecule has 0 bridgehead atoms. The Morgan fingerprint density at radius 2 is 1.74 bits per heavy atom. The number of hydrogen-bond acceptors (Lipinski definition) is 1. The van der Waals surface area contributed by atoms with Gasteiger partial charge >= 0.3 is 12.4 Å². The molecule has 0 radical (unpaired) electrons. The van der Waals surface area contributed by atoms with Crippen LogP contribution in [0.1, 0.15) is 23.5 Å². The zero-order valence-electron chi connectivity index (χ0n) is 9.19. The zero-order valence-corrected chi connectivity index (χ0v) is 9.19. The van der Waals surface area contributed by atoms with Gasteiger partial charge in [0.25, 0.3) is 0 Å². The number of benzene rings is 1. The normalized spacial score (nSPS) is 19.9. The Labute approximate surface area is 103 Å². The van der Waals surface area contributed by atoms with Crippen LogP contribution in [0.3, 0.4) is 0 Å². The third-order valence-corrected chi connectivity index (χ3v) is 2.81. The Bertz CT molecular complexity index is 519. The van der Waals surface area contributed by atoms with Gasteiger partial charge in [0.2, 0.25) is 5.91 Å². The molecule has 0 saturated heterocycles. The summed E-state index contributed by atoms with van der Waals surface area (Å²) in [5.41, 5.74) is -1.89. The molecule has 104 valence electrons. The number of anilines is 1. The van der Waals surface area contributed by atoms with Crippen LogP contribution in [0.4, 0.5) is 32.0 Å². The van der Waals surface area contributed by atoms with Crippen molar-refractivity contribution >= 4 is 11.6 Å². The fraction of sp³-hybridized carbons (Fsp3) is 0.364. The van der Waals surface area contributed by atoms with Crippen molar-refractivity contribution in [1.29, 1.82) is 0 Å². The van der Waals surface area contributed by atoms with E-state index in [1.54, 1.807) is 0 Å². The minimum Gasteiger partial charge on any atom is -0.326 e. The lowest BCUT2D eigenvalue weighted by atomic mass is 9.89. The molecule has 0 aromatic heterocycles. The van der Waals surface area contributed by atoms with Crippen LogP contribution in [-0.2, 0) is 11.0 Å². The minimum atomic E-state index is -4.68. The van der Waals surface area contributed by atoms with Crippen molar-refractivity contribution in [3.05, 3.63) is 29.3 Å². The van der Waals surface area contributed by atoms with Crippen LogP contribution in [0.5, 0.6) is 0 Å². The number of hydrogen-bond donors (Lipinski definition) is 1. The number of carbonyl (C=O) groups excluding carboxylic acids is 1. The molecule has 19 heavy (non-hydrogen) atoms. The summed E-state index contributed by atoms with van der Waals surface area (Å²) in [5, 5.41) is 2.04. The molecule has 1 aliphatic heterocycles. The maximum atomic E-state index is 12.7. The number of nitrogens with one attached hydrogen (secondary N) is 1. The van der Waals surface area contributed by atoms with Crippen molar-refractivity contribution in [2.45, 2.75) is 24.7 Å². The molecule has 8 heteroatoms. The average Bonchev–Trinajstić information content (AvgIpc) is 2.24. The molecular weight excluding hydrogens is 276 g/mol. The van der Waals surface area contributed by atoms with Crippen LogP contribution in [0, 0.1) is 0 Å². The van der Waals surface area contributed by atoms with Gasteiger partial charge in [-0.1, -0.05) is 6.07 Å². The summed E-state index contributed by atoms with van der Waals surface area (Å²) in [4.78, 5) is 11.2. The molecular formula is C11H7F6NO. The van der Waals surface area contributed by atoms with Gasteiger partial charge in [-0.15, -0.1) is 0 Å². The van der Waals surface area contributed by atoms with E-state index in [0.29, 0.717) is 12.1 Å². The van der Waals surface area contributed by atoms with Crippen LogP contribution in [0.2, 0.25) is 0 Å². The highest BCUT2D eigenvalue weighted by Crippen LogP contribution is 2.44. The van der Waals surface area contributed by atoms with Crippen LogP contribution < -0.4 is 5.32 Å². The fourth-order valence-electron chi connectivity index (χ4n) is 1.93. The van der Waals surface area contributed by atoms with E-state index in [9.17, 15) is 31.1 Å². The first-order valence-corrected chi connectivity index (χ1v) is 5.17. The predicted octanol–water partition coefficient (Wildman–Crippen LogP) is 3.69. The number of fused-ring (bicyclic) bond motifs is 1. The summed E-state index contributed by atoms with van der Waals surface area (Å²) in [6.45, 7) is 0. The number of amides is 1. The van der Waals surface area contributed by atoms with Gasteiger partial charge in [0.15, 0.2) is 0 Å². The molecule has 1 aromatic carbocycles. The Morgan fingerprint density at radius 3 is 2.26 bits per heavy atom. The lowest BCUT2D eigenvalue weighted by molar-refractivity contribution is -0.156. The molecule has 0 saturated carbocycles.